The Bertz CT molecular complexity index is 2940. The molecule has 1 heterocycles. The van der Waals surface area contributed by atoms with Crippen molar-refractivity contribution in [2.45, 2.75) is 174 Å². The van der Waals surface area contributed by atoms with Gasteiger partial charge in [-0.15, -0.1) is 0 Å². The van der Waals surface area contributed by atoms with Gasteiger partial charge < -0.3 is 72.0 Å². The van der Waals surface area contributed by atoms with E-state index in [0.29, 0.717) is 0 Å². The van der Waals surface area contributed by atoms with Gasteiger partial charge >= 0.3 is 53.8 Å². The van der Waals surface area contributed by atoms with E-state index in [4.69, 9.17) is 61.6 Å². The van der Waals surface area contributed by atoms with Gasteiger partial charge in [-0.25, -0.2) is 19.2 Å². The van der Waals surface area contributed by atoms with Crippen LogP contribution >= 0.6 is 0 Å². The first kappa shape index (κ1) is 69.8. The molecule has 3 fully saturated rings. The van der Waals surface area contributed by atoms with Crippen LogP contribution in [0.2, 0.25) is 0 Å². The van der Waals surface area contributed by atoms with Gasteiger partial charge in [0.1, 0.15) is 66.9 Å². The molecule has 484 valence electrons. The summed E-state index contributed by atoms with van der Waals surface area (Å²) < 4.78 is 75.0. The van der Waals surface area contributed by atoms with E-state index in [2.05, 4.69) is 5.32 Å². The summed E-state index contributed by atoms with van der Waals surface area (Å²) in [5.41, 5.74) is -9.71. The van der Waals surface area contributed by atoms with Gasteiger partial charge in [-0.1, -0.05) is 62.4 Å². The van der Waals surface area contributed by atoms with Crippen LogP contribution in [0, 0.1) is 22.2 Å². The number of ether oxygens (including phenoxy) is 13. The lowest BCUT2D eigenvalue weighted by Gasteiger charge is -2.67. The molecule has 25 nitrogen and oxygen atoms in total. The van der Waals surface area contributed by atoms with E-state index < -0.39 is 180 Å². The number of Topliss-reactive ketones (excluding diaryl/α,β-unsaturated/α-hetero) is 1. The van der Waals surface area contributed by atoms with E-state index >= 15 is 9.59 Å². The normalized spacial score (nSPS) is 27.0. The molecular weight excluding hydrogens is 1150 g/mol. The number of hydrogen-bond donors (Lipinski definition) is 2. The van der Waals surface area contributed by atoms with E-state index in [-0.39, 0.29) is 54.9 Å². The number of esters is 8. The molecule has 2 N–H and O–H groups in total. The summed E-state index contributed by atoms with van der Waals surface area (Å²) in [5, 5.41) is 16.8. The highest BCUT2D eigenvalue weighted by Gasteiger charge is 2.78. The van der Waals surface area contributed by atoms with Crippen LogP contribution in [0.1, 0.15) is 130 Å². The maximum atomic E-state index is 15.9. The molecule has 0 aromatic heterocycles. The Morgan fingerprint density at radius 1 is 0.773 bits per heavy atom. The maximum absolute atomic E-state index is 15.9. The molecule has 1 saturated heterocycles. The largest absolute Gasteiger partial charge is 0.464 e. The molecule has 2 aromatic carbocycles. The van der Waals surface area contributed by atoms with E-state index in [9.17, 15) is 43.5 Å². The number of nitrogens with one attached hydrogen (secondary N) is 1. The summed E-state index contributed by atoms with van der Waals surface area (Å²) in [4.78, 5) is 138. The number of alkyl carbamates (subject to hydrolysis) is 1. The molecule has 1 amide bonds. The minimum absolute atomic E-state index is 0.0156. The summed E-state index contributed by atoms with van der Waals surface area (Å²) in [6, 6.07) is 14.2. The monoisotopic (exact) mass is 1240 g/mol. The molecule has 1 aliphatic heterocycles. The van der Waals surface area contributed by atoms with Gasteiger partial charge in [-0.3, -0.25) is 28.8 Å². The minimum Gasteiger partial charge on any atom is -0.464 e. The number of rotatable bonds is 25. The number of benzene rings is 2. The summed E-state index contributed by atoms with van der Waals surface area (Å²) >= 11 is 0. The second kappa shape index (κ2) is 28.4. The zero-order valence-electron chi connectivity index (χ0n) is 52.4. The third-order valence-corrected chi connectivity index (χ3v) is 16.8. The molecule has 2 saturated carbocycles. The van der Waals surface area contributed by atoms with Crippen molar-refractivity contribution in [1.82, 2.24) is 5.32 Å². The van der Waals surface area contributed by atoms with Crippen molar-refractivity contribution in [2.24, 2.45) is 22.2 Å². The van der Waals surface area contributed by atoms with Crippen molar-refractivity contribution in [3.63, 3.8) is 0 Å². The number of methoxy groups -OCH3 is 3. The average molecular weight is 1240 g/mol. The number of carbonyl (C=O) groups excluding carboxylic acids is 10. The van der Waals surface area contributed by atoms with Crippen LogP contribution in [0.25, 0.3) is 0 Å². The van der Waals surface area contributed by atoms with E-state index in [1.807, 2.05) is 0 Å². The van der Waals surface area contributed by atoms with Gasteiger partial charge in [0, 0.05) is 66.3 Å². The quantitative estimate of drug-likeness (QED) is 0.0534. The highest BCUT2D eigenvalue weighted by molar-refractivity contribution is 5.94. The summed E-state index contributed by atoms with van der Waals surface area (Å²) in [7, 11) is 4.07. The van der Waals surface area contributed by atoms with Gasteiger partial charge in [-0.2, -0.15) is 0 Å². The topological polar surface area (TPSA) is 323 Å². The second-order valence-electron chi connectivity index (χ2n) is 24.5. The van der Waals surface area contributed by atoms with Crippen LogP contribution in [0.4, 0.5) is 4.79 Å². The van der Waals surface area contributed by atoms with Crippen molar-refractivity contribution in [1.29, 1.82) is 0 Å². The second-order valence-corrected chi connectivity index (χ2v) is 24.5. The zero-order chi connectivity index (χ0) is 65.3. The number of hydrogen-bond acceptors (Lipinski definition) is 24. The van der Waals surface area contributed by atoms with Crippen LogP contribution in [0.3, 0.4) is 0 Å². The molecule has 4 aliphatic rings. The van der Waals surface area contributed by atoms with Crippen molar-refractivity contribution in [2.75, 3.05) is 54.4 Å². The van der Waals surface area contributed by atoms with Crippen LogP contribution in [-0.4, -0.2) is 179 Å². The van der Waals surface area contributed by atoms with Crippen molar-refractivity contribution in [3.8, 4) is 0 Å². The first-order chi connectivity index (χ1) is 41.2. The maximum Gasteiger partial charge on any atom is 0.408 e. The predicted octanol–water partition coefficient (Wildman–Crippen LogP) is 5.52. The van der Waals surface area contributed by atoms with Gasteiger partial charge in [0.2, 0.25) is 6.10 Å². The summed E-state index contributed by atoms with van der Waals surface area (Å²) in [6.45, 7) is 14.3. The fourth-order valence-corrected chi connectivity index (χ4v) is 12.3. The molecular formula is C63H83NO24. The van der Waals surface area contributed by atoms with Crippen LogP contribution in [0.15, 0.2) is 71.8 Å². The van der Waals surface area contributed by atoms with Gasteiger partial charge in [-0.05, 0) is 83.7 Å². The van der Waals surface area contributed by atoms with Crippen LogP contribution < -0.4 is 5.32 Å². The van der Waals surface area contributed by atoms with Gasteiger partial charge in [0.25, 0.3) is 0 Å². The smallest absolute Gasteiger partial charge is 0.408 e. The first-order valence-corrected chi connectivity index (χ1v) is 29.0. The summed E-state index contributed by atoms with van der Waals surface area (Å²) in [6.07, 6.45) is -13.1. The SMILES string of the molecule is COCCOC(=O)C(C)(COC(=O)CCCC(=O)O[C@@H](C(=O)O[C@H]1C[C@@]2(O)[C@@H](OC(=O)c3ccccc3)[C@@H]3[C@]4(OC(C)=O)CO[C@@H]4C[C@H](OC)[C@@]3(C)C(=O)[C@H](OC)C(=C1C)C2(C)C)[C@@H](NC(=O)OC(C)(C)C)c1ccccc1)COC(=O)C(C)OC(C)=O. The predicted molar refractivity (Wildman–Crippen MR) is 305 cm³/mol. The molecule has 88 heavy (non-hydrogen) atoms. The van der Waals surface area contributed by atoms with Gasteiger partial charge in [0.05, 0.1) is 36.2 Å². The number of aliphatic hydroxyl groups is 1. The fourth-order valence-electron chi connectivity index (χ4n) is 12.3. The Morgan fingerprint density at radius 2 is 1.40 bits per heavy atom. The Labute approximate surface area is 511 Å². The molecule has 2 bridgehead atoms. The third-order valence-electron chi connectivity index (χ3n) is 16.8. The highest BCUT2D eigenvalue weighted by atomic mass is 16.6. The molecule has 0 radical (unpaired) electrons. The number of fused-ring (bicyclic) bond motifs is 5. The zero-order valence-corrected chi connectivity index (χ0v) is 52.4. The Morgan fingerprint density at radius 3 is 1.97 bits per heavy atom. The van der Waals surface area contributed by atoms with Crippen molar-refractivity contribution < 1.29 is 115 Å². The third kappa shape index (κ3) is 15.0. The van der Waals surface area contributed by atoms with Gasteiger partial charge in [0.15, 0.2) is 17.5 Å². The lowest BCUT2D eigenvalue weighted by Crippen LogP contribution is -2.82. The minimum atomic E-state index is -2.39. The average Bonchev–Trinajstić information content (AvgIpc) is 0.750. The Hall–Kier alpha value is -7.32. The number of amides is 1. The van der Waals surface area contributed by atoms with Crippen LogP contribution in [-0.2, 0) is 99.9 Å². The van der Waals surface area contributed by atoms with E-state index in [0.717, 1.165) is 6.92 Å². The molecule has 0 spiro atoms. The van der Waals surface area contributed by atoms with E-state index in [1.54, 1.807) is 84.9 Å². The molecule has 3 aliphatic carbocycles. The lowest BCUT2D eigenvalue weighted by molar-refractivity contribution is -0.347. The van der Waals surface area contributed by atoms with E-state index in [1.165, 1.54) is 66.4 Å². The fraction of sp³-hybridized carbons (Fsp3) is 0.619. The molecule has 25 heteroatoms. The first-order valence-electron chi connectivity index (χ1n) is 29.0. The standard InChI is InChI=1S/C63H83NO24/c1-35-41(31-63(75)52(86-54(71)40-24-19-16-20-25-40)50-61(11,51(69)48(78-14)46(35)59(63,8)9)42(77-13)30-43-62(50,34-80-43)87-38(4)66)84-55(72)49(47(39-22-17-15-18-23-39)64-57(74)88-58(5,6)7)85-45(68)27-21-26-44(67)81-32-60(10,56(73)79-29-28-76-12)33-82-53(70)36(2)83-37(3)65/h15-20,22-25,36,41-43,47-50,52,75H,21,26-34H2,1-14H3,(H,64,74)/t36?,41-,42-,43+,47-,48+,49+,50-,52-,60?,61+,62-,63+/m0/s1. The molecule has 2 aromatic rings. The number of carbonyl (C=O) groups is 10. The Balaban J connectivity index is 1.38. The molecule has 2 unspecified atom stereocenters. The molecule has 6 rings (SSSR count). The Kier molecular flexibility index (Phi) is 22.6. The summed E-state index contributed by atoms with van der Waals surface area (Å²) in [5.74, 6) is -9.69. The molecule has 13 atom stereocenters. The lowest BCUT2D eigenvalue weighted by atomic mass is 9.44. The van der Waals surface area contributed by atoms with Crippen molar-refractivity contribution >= 4 is 59.6 Å². The van der Waals surface area contributed by atoms with Crippen LogP contribution in [0.5, 0.6) is 0 Å². The highest BCUT2D eigenvalue weighted by Crippen LogP contribution is 2.65. The van der Waals surface area contributed by atoms with Crippen molar-refractivity contribution in [3.05, 3.63) is 82.9 Å². The number of ketones is 1.